The smallest absolute Gasteiger partial charge is 0.384 e. The first-order valence-corrected chi connectivity index (χ1v) is 6.16. The zero-order valence-electron chi connectivity index (χ0n) is 10.2. The highest BCUT2D eigenvalue weighted by molar-refractivity contribution is 6.37. The number of hydrogen-bond donors (Lipinski definition) is 1. The number of nitrogens with zero attached hydrogens (tertiary/aromatic N) is 2. The number of nitrogens with two attached hydrogens (primary N) is 1. The average molecular weight is 364 g/mol. The van der Waals surface area contributed by atoms with Crippen molar-refractivity contribution < 1.29 is 26.3 Å². The van der Waals surface area contributed by atoms with E-state index in [4.69, 9.17) is 28.9 Å². The molecule has 11 heteroatoms. The monoisotopic (exact) mass is 363 g/mol. The van der Waals surface area contributed by atoms with Crippen LogP contribution in [0.15, 0.2) is 18.2 Å². The summed E-state index contributed by atoms with van der Waals surface area (Å²) >= 11 is 11.4. The van der Waals surface area contributed by atoms with Gasteiger partial charge in [0.2, 0.25) is 0 Å². The number of aromatic nitrogens is 2. The molecule has 0 amide bonds. The molecule has 2 aromatic rings. The molecular formula is C11H5Cl2F6N3. The lowest BCUT2D eigenvalue weighted by Gasteiger charge is -2.13. The molecule has 2 N–H and O–H groups in total. The molecule has 0 aliphatic carbocycles. The van der Waals surface area contributed by atoms with Crippen molar-refractivity contribution in [3.63, 3.8) is 0 Å². The molecule has 0 radical (unpaired) electrons. The van der Waals surface area contributed by atoms with Gasteiger partial charge in [0, 0.05) is 6.07 Å². The van der Waals surface area contributed by atoms with Gasteiger partial charge in [-0.3, -0.25) is 0 Å². The van der Waals surface area contributed by atoms with E-state index in [1.54, 1.807) is 0 Å². The summed E-state index contributed by atoms with van der Waals surface area (Å²) < 4.78 is 76.1. The molecule has 2 rings (SSSR count). The molecule has 0 fully saturated rings. The minimum Gasteiger partial charge on any atom is -0.384 e. The van der Waals surface area contributed by atoms with Gasteiger partial charge in [-0.15, -0.1) is 0 Å². The first-order chi connectivity index (χ1) is 9.91. The van der Waals surface area contributed by atoms with E-state index < -0.39 is 39.5 Å². The Morgan fingerprint density at radius 3 is 1.77 bits per heavy atom. The highest BCUT2D eigenvalue weighted by Gasteiger charge is 2.36. The molecule has 0 bridgehead atoms. The number of anilines is 1. The Balaban J connectivity index is 2.62. The quantitative estimate of drug-likeness (QED) is 0.739. The van der Waals surface area contributed by atoms with E-state index in [0.29, 0.717) is 22.9 Å². The van der Waals surface area contributed by atoms with Gasteiger partial charge in [-0.1, -0.05) is 23.2 Å². The van der Waals surface area contributed by atoms with Gasteiger partial charge >= 0.3 is 12.4 Å². The second-order valence-electron chi connectivity index (χ2n) is 4.15. The number of nitrogen functional groups attached to an aromatic ring is 1. The molecule has 1 aromatic carbocycles. The first kappa shape index (κ1) is 16.8. The lowest BCUT2D eigenvalue weighted by atomic mass is 10.2. The van der Waals surface area contributed by atoms with Gasteiger partial charge in [-0.05, 0) is 12.1 Å². The van der Waals surface area contributed by atoms with Gasteiger partial charge in [0.05, 0.1) is 15.6 Å². The molecule has 0 spiro atoms. The lowest BCUT2D eigenvalue weighted by molar-refractivity contribution is -0.141. The lowest BCUT2D eigenvalue weighted by Crippen LogP contribution is -2.10. The number of rotatable bonds is 1. The molecule has 3 nitrogen and oxygen atoms in total. The van der Waals surface area contributed by atoms with Crippen molar-refractivity contribution in [3.8, 4) is 5.69 Å². The third-order valence-corrected chi connectivity index (χ3v) is 3.16. The van der Waals surface area contributed by atoms with Crippen LogP contribution < -0.4 is 5.73 Å². The maximum absolute atomic E-state index is 12.6. The zero-order valence-corrected chi connectivity index (χ0v) is 11.7. The van der Waals surface area contributed by atoms with Gasteiger partial charge in [0.15, 0.2) is 5.69 Å². The minimum absolute atomic E-state index is 0.371. The van der Waals surface area contributed by atoms with Crippen molar-refractivity contribution in [2.75, 3.05) is 5.73 Å². The van der Waals surface area contributed by atoms with Gasteiger partial charge in [0.25, 0.3) is 0 Å². The third kappa shape index (κ3) is 3.09. The van der Waals surface area contributed by atoms with E-state index in [0.717, 1.165) is 0 Å². The fourth-order valence-electron chi connectivity index (χ4n) is 1.64. The Bertz CT molecular complexity index is 697. The minimum atomic E-state index is -4.77. The molecule has 1 aromatic heterocycles. The topological polar surface area (TPSA) is 43.8 Å². The summed E-state index contributed by atoms with van der Waals surface area (Å²) in [5.41, 5.74) is 2.55. The summed E-state index contributed by atoms with van der Waals surface area (Å²) in [5, 5.41) is 2.10. The number of hydrogen-bond acceptors (Lipinski definition) is 2. The summed E-state index contributed by atoms with van der Waals surface area (Å²) in [6.45, 7) is 0. The standard InChI is InChI=1S/C11H5Cl2F6N3/c12-5-1-4(10(14,15)16)2-6(13)9(5)22-8(20)3-7(21-22)11(17,18)19/h1-3H,20H2. The molecule has 0 unspecified atom stereocenters. The van der Waals surface area contributed by atoms with Crippen LogP contribution in [-0.2, 0) is 12.4 Å². The third-order valence-electron chi connectivity index (χ3n) is 2.58. The van der Waals surface area contributed by atoms with E-state index in [2.05, 4.69) is 5.10 Å². The number of benzene rings is 1. The van der Waals surface area contributed by atoms with E-state index in [9.17, 15) is 26.3 Å². The van der Waals surface area contributed by atoms with Crippen LogP contribution in [0.1, 0.15) is 11.3 Å². The second kappa shape index (κ2) is 5.24. The molecule has 1 heterocycles. The number of alkyl halides is 6. The molecule has 0 aliphatic rings. The summed E-state index contributed by atoms with van der Waals surface area (Å²) in [6.07, 6.45) is -9.48. The van der Waals surface area contributed by atoms with Crippen LogP contribution in [0.2, 0.25) is 10.0 Å². The van der Waals surface area contributed by atoms with E-state index in [1.807, 2.05) is 0 Å². The molecule has 22 heavy (non-hydrogen) atoms. The largest absolute Gasteiger partial charge is 0.435 e. The molecule has 0 saturated heterocycles. The molecule has 120 valence electrons. The summed E-state index contributed by atoms with van der Waals surface area (Å²) in [4.78, 5) is 0. The SMILES string of the molecule is Nc1cc(C(F)(F)F)nn1-c1c(Cl)cc(C(F)(F)F)cc1Cl. The van der Waals surface area contributed by atoms with Crippen molar-refractivity contribution in [3.05, 3.63) is 39.5 Å². The van der Waals surface area contributed by atoms with Crippen LogP contribution in [0, 0.1) is 0 Å². The zero-order chi connectivity index (χ0) is 16.9. The van der Waals surface area contributed by atoms with Crippen molar-refractivity contribution in [2.24, 2.45) is 0 Å². The Kier molecular flexibility index (Phi) is 3.99. The van der Waals surface area contributed by atoms with E-state index in [1.165, 1.54) is 0 Å². The molecule has 0 atom stereocenters. The fraction of sp³-hybridized carbons (Fsp3) is 0.182. The van der Waals surface area contributed by atoms with E-state index in [-0.39, 0.29) is 5.69 Å². The summed E-state index contributed by atoms with van der Waals surface area (Å²) in [7, 11) is 0. The molecule has 0 saturated carbocycles. The predicted octanol–water partition coefficient (Wildman–Crippen LogP) is 4.80. The van der Waals surface area contributed by atoms with Gasteiger partial charge in [-0.2, -0.15) is 31.4 Å². The van der Waals surface area contributed by atoms with E-state index >= 15 is 0 Å². The normalized spacial score (nSPS) is 12.7. The second-order valence-corrected chi connectivity index (χ2v) is 4.96. The fourth-order valence-corrected chi connectivity index (χ4v) is 2.29. The van der Waals surface area contributed by atoms with Crippen LogP contribution >= 0.6 is 23.2 Å². The van der Waals surface area contributed by atoms with Crippen LogP contribution in [0.4, 0.5) is 32.2 Å². The van der Waals surface area contributed by atoms with Crippen molar-refractivity contribution >= 4 is 29.0 Å². The summed E-state index contributed by atoms with van der Waals surface area (Å²) in [5.74, 6) is -0.476. The highest BCUT2D eigenvalue weighted by atomic mass is 35.5. The average Bonchev–Trinajstić information content (AvgIpc) is 2.69. The van der Waals surface area contributed by atoms with Crippen LogP contribution in [0.25, 0.3) is 5.69 Å². The molecule has 0 aliphatic heterocycles. The van der Waals surface area contributed by atoms with Gasteiger partial charge in [0.1, 0.15) is 11.5 Å². The maximum atomic E-state index is 12.6. The van der Waals surface area contributed by atoms with Gasteiger partial charge in [-0.25, -0.2) is 4.68 Å². The van der Waals surface area contributed by atoms with Crippen molar-refractivity contribution in [1.82, 2.24) is 9.78 Å². The van der Waals surface area contributed by atoms with Gasteiger partial charge < -0.3 is 5.73 Å². The Hall–Kier alpha value is -1.61. The van der Waals surface area contributed by atoms with Crippen LogP contribution in [0.3, 0.4) is 0 Å². The Labute approximate surface area is 129 Å². The first-order valence-electron chi connectivity index (χ1n) is 5.40. The Morgan fingerprint density at radius 2 is 1.41 bits per heavy atom. The highest BCUT2D eigenvalue weighted by Crippen LogP contribution is 2.39. The summed E-state index contributed by atoms with van der Waals surface area (Å²) in [6, 6.07) is 1.57. The maximum Gasteiger partial charge on any atom is 0.435 e. The number of halogens is 8. The van der Waals surface area contributed by atoms with Crippen LogP contribution in [-0.4, -0.2) is 9.78 Å². The van der Waals surface area contributed by atoms with Crippen molar-refractivity contribution in [2.45, 2.75) is 12.4 Å². The molecular weight excluding hydrogens is 359 g/mol. The van der Waals surface area contributed by atoms with Crippen LogP contribution in [0.5, 0.6) is 0 Å². The predicted molar refractivity (Wildman–Crippen MR) is 68.0 cm³/mol. The van der Waals surface area contributed by atoms with Crippen molar-refractivity contribution in [1.29, 1.82) is 0 Å². The Morgan fingerprint density at radius 1 is 0.909 bits per heavy atom.